The summed E-state index contributed by atoms with van der Waals surface area (Å²) in [5.74, 6) is -0.272. The first-order valence-electron chi connectivity index (χ1n) is 5.39. The van der Waals surface area contributed by atoms with Gasteiger partial charge in [-0.2, -0.15) is 0 Å². The zero-order chi connectivity index (χ0) is 13.5. The van der Waals surface area contributed by atoms with Gasteiger partial charge in [0.05, 0.1) is 10.6 Å². The Labute approximate surface area is 114 Å². The molecule has 0 aliphatic rings. The molecule has 18 heavy (non-hydrogen) atoms. The first kappa shape index (κ1) is 14.7. The van der Waals surface area contributed by atoms with Crippen molar-refractivity contribution in [3.8, 4) is 5.75 Å². The van der Waals surface area contributed by atoms with Crippen LogP contribution in [-0.4, -0.2) is 30.9 Å². The number of aliphatic carboxylic acids is 1. The third-order valence-corrected chi connectivity index (χ3v) is 2.87. The molecule has 0 fully saturated rings. The quantitative estimate of drug-likeness (QED) is 0.820. The number of ether oxygens (including phenoxy) is 2. The predicted octanol–water partition coefficient (Wildman–Crippen LogP) is 2.96. The van der Waals surface area contributed by atoms with Crippen molar-refractivity contribution in [2.75, 3.05) is 13.7 Å². The SMILES string of the molecule is COC(C)COc1ccc(/C=C/C(=O)O)cc1Br. The molecule has 5 heteroatoms. The maximum Gasteiger partial charge on any atom is 0.328 e. The van der Waals surface area contributed by atoms with Crippen molar-refractivity contribution >= 4 is 28.0 Å². The van der Waals surface area contributed by atoms with Crippen molar-refractivity contribution in [1.82, 2.24) is 0 Å². The first-order chi connectivity index (χ1) is 8.52. The van der Waals surface area contributed by atoms with E-state index in [1.54, 1.807) is 25.3 Å². The van der Waals surface area contributed by atoms with Gasteiger partial charge in [-0.25, -0.2) is 4.79 Å². The second kappa shape index (κ2) is 7.18. The minimum atomic E-state index is -0.972. The van der Waals surface area contributed by atoms with Gasteiger partial charge in [0.1, 0.15) is 12.4 Å². The molecule has 0 aliphatic carbocycles. The van der Waals surface area contributed by atoms with Crippen molar-refractivity contribution in [2.45, 2.75) is 13.0 Å². The Hall–Kier alpha value is -1.33. The zero-order valence-electron chi connectivity index (χ0n) is 10.2. The molecule has 1 rings (SSSR count). The molecule has 0 heterocycles. The molecule has 1 aromatic carbocycles. The van der Waals surface area contributed by atoms with Gasteiger partial charge in [0.25, 0.3) is 0 Å². The highest BCUT2D eigenvalue weighted by atomic mass is 79.9. The molecule has 0 amide bonds. The van der Waals surface area contributed by atoms with Crippen LogP contribution in [0.15, 0.2) is 28.7 Å². The van der Waals surface area contributed by atoms with Crippen LogP contribution in [0.3, 0.4) is 0 Å². The van der Waals surface area contributed by atoms with E-state index in [0.29, 0.717) is 12.4 Å². The van der Waals surface area contributed by atoms with Gasteiger partial charge in [-0.05, 0) is 46.6 Å². The van der Waals surface area contributed by atoms with Gasteiger partial charge in [0, 0.05) is 13.2 Å². The number of carbonyl (C=O) groups is 1. The molecule has 0 aromatic heterocycles. The van der Waals surface area contributed by atoms with Crippen molar-refractivity contribution in [2.24, 2.45) is 0 Å². The van der Waals surface area contributed by atoms with Gasteiger partial charge in [-0.3, -0.25) is 0 Å². The Morgan fingerprint density at radius 1 is 1.56 bits per heavy atom. The summed E-state index contributed by atoms with van der Waals surface area (Å²) in [5, 5.41) is 8.53. The highest BCUT2D eigenvalue weighted by molar-refractivity contribution is 9.10. The standard InChI is InChI=1S/C13H15BrO4/c1-9(17-2)8-18-12-5-3-10(7-11(12)14)4-6-13(15)16/h3-7,9H,8H2,1-2H3,(H,15,16)/b6-4+. The van der Waals surface area contributed by atoms with Crippen LogP contribution in [0.2, 0.25) is 0 Å². The van der Waals surface area contributed by atoms with E-state index in [0.717, 1.165) is 16.1 Å². The molecule has 0 radical (unpaired) electrons. The topological polar surface area (TPSA) is 55.8 Å². The van der Waals surface area contributed by atoms with Gasteiger partial charge < -0.3 is 14.6 Å². The van der Waals surface area contributed by atoms with E-state index >= 15 is 0 Å². The van der Waals surface area contributed by atoms with Crippen LogP contribution < -0.4 is 4.74 Å². The summed E-state index contributed by atoms with van der Waals surface area (Å²) >= 11 is 3.38. The number of carboxylic acids is 1. The summed E-state index contributed by atoms with van der Waals surface area (Å²) in [6.45, 7) is 2.37. The van der Waals surface area contributed by atoms with Crippen LogP contribution in [0.5, 0.6) is 5.75 Å². The average molecular weight is 315 g/mol. The highest BCUT2D eigenvalue weighted by Crippen LogP contribution is 2.26. The van der Waals surface area contributed by atoms with Crippen LogP contribution >= 0.6 is 15.9 Å². The van der Waals surface area contributed by atoms with E-state index < -0.39 is 5.97 Å². The van der Waals surface area contributed by atoms with Crippen LogP contribution in [0.4, 0.5) is 0 Å². The molecule has 98 valence electrons. The molecule has 0 spiro atoms. The molecule has 1 aromatic rings. The lowest BCUT2D eigenvalue weighted by atomic mass is 10.2. The monoisotopic (exact) mass is 314 g/mol. The van der Waals surface area contributed by atoms with Gasteiger partial charge >= 0.3 is 5.97 Å². The van der Waals surface area contributed by atoms with Crippen molar-refractivity contribution in [3.05, 3.63) is 34.3 Å². The number of methoxy groups -OCH3 is 1. The Balaban J connectivity index is 2.70. The van der Waals surface area contributed by atoms with E-state index in [-0.39, 0.29) is 6.10 Å². The molecule has 0 saturated heterocycles. The minimum Gasteiger partial charge on any atom is -0.490 e. The van der Waals surface area contributed by atoms with Crippen LogP contribution in [0, 0.1) is 0 Å². The molecule has 0 saturated carbocycles. The lowest BCUT2D eigenvalue weighted by Crippen LogP contribution is -2.16. The lowest BCUT2D eigenvalue weighted by molar-refractivity contribution is -0.131. The average Bonchev–Trinajstić information content (AvgIpc) is 2.34. The molecule has 0 bridgehead atoms. The maximum atomic E-state index is 10.4. The Kier molecular flexibility index (Phi) is 5.88. The Bertz CT molecular complexity index is 443. The fourth-order valence-corrected chi connectivity index (χ4v) is 1.69. The molecular formula is C13H15BrO4. The fraction of sp³-hybridized carbons (Fsp3) is 0.308. The molecule has 1 atom stereocenters. The number of rotatable bonds is 6. The van der Waals surface area contributed by atoms with E-state index in [2.05, 4.69) is 15.9 Å². The number of carboxylic acid groups (broad SMARTS) is 1. The van der Waals surface area contributed by atoms with E-state index in [1.165, 1.54) is 6.08 Å². The first-order valence-corrected chi connectivity index (χ1v) is 6.18. The summed E-state index contributed by atoms with van der Waals surface area (Å²) in [7, 11) is 1.63. The number of benzene rings is 1. The number of halogens is 1. The van der Waals surface area contributed by atoms with E-state index in [4.69, 9.17) is 14.6 Å². The summed E-state index contributed by atoms with van der Waals surface area (Å²) in [5.41, 5.74) is 0.788. The predicted molar refractivity (Wildman–Crippen MR) is 72.8 cm³/mol. The summed E-state index contributed by atoms with van der Waals surface area (Å²) in [6, 6.07) is 5.37. The van der Waals surface area contributed by atoms with Crippen molar-refractivity contribution < 1.29 is 19.4 Å². The number of hydrogen-bond acceptors (Lipinski definition) is 3. The third kappa shape index (κ3) is 4.89. The number of hydrogen-bond donors (Lipinski definition) is 1. The lowest BCUT2D eigenvalue weighted by Gasteiger charge is -2.12. The van der Waals surface area contributed by atoms with Gasteiger partial charge in [-0.15, -0.1) is 0 Å². The molecule has 4 nitrogen and oxygen atoms in total. The largest absolute Gasteiger partial charge is 0.490 e. The van der Waals surface area contributed by atoms with E-state index in [9.17, 15) is 4.79 Å². The van der Waals surface area contributed by atoms with Gasteiger partial charge in [0.15, 0.2) is 0 Å². The minimum absolute atomic E-state index is 0.0171. The summed E-state index contributed by atoms with van der Waals surface area (Å²) < 4.78 is 11.4. The molecule has 1 unspecified atom stereocenters. The summed E-state index contributed by atoms with van der Waals surface area (Å²) in [4.78, 5) is 10.4. The Morgan fingerprint density at radius 3 is 2.83 bits per heavy atom. The van der Waals surface area contributed by atoms with Crippen LogP contribution in [0.25, 0.3) is 6.08 Å². The second-order valence-corrected chi connectivity index (χ2v) is 4.57. The second-order valence-electron chi connectivity index (χ2n) is 3.72. The Morgan fingerprint density at radius 2 is 2.28 bits per heavy atom. The highest BCUT2D eigenvalue weighted by Gasteiger charge is 2.05. The maximum absolute atomic E-state index is 10.4. The molecule has 0 aliphatic heterocycles. The summed E-state index contributed by atoms with van der Waals surface area (Å²) in [6.07, 6.45) is 2.63. The van der Waals surface area contributed by atoms with Crippen molar-refractivity contribution in [3.63, 3.8) is 0 Å². The van der Waals surface area contributed by atoms with Crippen LogP contribution in [0.1, 0.15) is 12.5 Å². The van der Waals surface area contributed by atoms with E-state index in [1.807, 2.05) is 6.92 Å². The smallest absolute Gasteiger partial charge is 0.328 e. The normalized spacial score (nSPS) is 12.6. The fourth-order valence-electron chi connectivity index (χ4n) is 1.18. The molecular weight excluding hydrogens is 300 g/mol. The van der Waals surface area contributed by atoms with Crippen molar-refractivity contribution in [1.29, 1.82) is 0 Å². The third-order valence-electron chi connectivity index (χ3n) is 2.25. The van der Waals surface area contributed by atoms with Gasteiger partial charge in [0.2, 0.25) is 0 Å². The molecule has 1 N–H and O–H groups in total. The van der Waals surface area contributed by atoms with Crippen LogP contribution in [-0.2, 0) is 9.53 Å². The van der Waals surface area contributed by atoms with Gasteiger partial charge in [-0.1, -0.05) is 6.07 Å². The zero-order valence-corrected chi connectivity index (χ0v) is 11.8.